The number of carbonyl (C=O) groups is 2. The van der Waals surface area contributed by atoms with Crippen LogP contribution in [-0.4, -0.2) is 58.5 Å². The number of amides is 1. The highest BCUT2D eigenvalue weighted by Crippen LogP contribution is 2.20. The summed E-state index contributed by atoms with van der Waals surface area (Å²) in [6.07, 6.45) is -0.579. The standard InChI is InChI=1S/C25H26N4O3/c1-25(2,3)32-24(31)29-22-12-8-7-11-20(22)21(26-29)13-14-23(30)28-17-15-27(16-18-28)19-9-5-4-6-10-19/h4-12H,15-18H2,1-3H3. The molecule has 1 fully saturated rings. The van der Waals surface area contributed by atoms with E-state index in [-0.39, 0.29) is 5.91 Å². The first-order valence-corrected chi connectivity index (χ1v) is 10.6. The lowest BCUT2D eigenvalue weighted by atomic mass is 10.2. The lowest BCUT2D eigenvalue weighted by Gasteiger charge is -2.35. The molecule has 1 aromatic heterocycles. The van der Waals surface area contributed by atoms with Gasteiger partial charge < -0.3 is 14.5 Å². The molecule has 2 aromatic carbocycles. The Hall–Kier alpha value is -3.79. The highest BCUT2D eigenvalue weighted by molar-refractivity contribution is 5.96. The second-order valence-electron chi connectivity index (χ2n) is 8.62. The van der Waals surface area contributed by atoms with Crippen molar-refractivity contribution in [3.63, 3.8) is 0 Å². The molecule has 2 heterocycles. The smallest absolute Gasteiger partial charge is 0.435 e. The Labute approximate surface area is 187 Å². The van der Waals surface area contributed by atoms with Crippen LogP contribution in [0.4, 0.5) is 10.5 Å². The number of fused-ring (bicyclic) bond motifs is 1. The molecule has 0 spiro atoms. The molecule has 164 valence electrons. The van der Waals surface area contributed by atoms with Crippen LogP contribution in [0, 0.1) is 11.8 Å². The molecule has 3 aromatic rings. The summed E-state index contributed by atoms with van der Waals surface area (Å²) in [5, 5.41) is 5.03. The predicted octanol–water partition coefficient (Wildman–Crippen LogP) is 3.52. The quantitative estimate of drug-likeness (QED) is 0.553. The van der Waals surface area contributed by atoms with Crippen molar-refractivity contribution in [1.29, 1.82) is 0 Å². The molecule has 7 heteroatoms. The summed E-state index contributed by atoms with van der Waals surface area (Å²) >= 11 is 0. The summed E-state index contributed by atoms with van der Waals surface area (Å²) in [6, 6.07) is 17.4. The van der Waals surface area contributed by atoms with Gasteiger partial charge in [-0.1, -0.05) is 30.3 Å². The van der Waals surface area contributed by atoms with Crippen molar-refractivity contribution in [3.8, 4) is 11.8 Å². The van der Waals surface area contributed by atoms with Gasteiger partial charge in [0.25, 0.3) is 5.91 Å². The van der Waals surface area contributed by atoms with Crippen LogP contribution in [-0.2, 0) is 9.53 Å². The largest absolute Gasteiger partial charge is 0.442 e. The van der Waals surface area contributed by atoms with Crippen LogP contribution in [0.3, 0.4) is 0 Å². The number of nitrogens with zero attached hydrogens (tertiary/aromatic N) is 4. The fraction of sp³-hybridized carbons (Fsp3) is 0.320. The molecule has 1 aliphatic heterocycles. The van der Waals surface area contributed by atoms with Crippen molar-refractivity contribution in [1.82, 2.24) is 14.7 Å². The fourth-order valence-electron chi connectivity index (χ4n) is 3.60. The van der Waals surface area contributed by atoms with Crippen molar-refractivity contribution < 1.29 is 14.3 Å². The maximum absolute atomic E-state index is 12.7. The molecule has 0 radical (unpaired) electrons. The van der Waals surface area contributed by atoms with Crippen molar-refractivity contribution in [2.24, 2.45) is 0 Å². The Balaban J connectivity index is 1.49. The molecule has 1 amide bonds. The molecule has 0 atom stereocenters. The molecule has 0 aliphatic carbocycles. The van der Waals surface area contributed by atoms with Crippen molar-refractivity contribution in [2.75, 3.05) is 31.1 Å². The molecular weight excluding hydrogens is 404 g/mol. The fourth-order valence-corrected chi connectivity index (χ4v) is 3.60. The Kier molecular flexibility index (Phi) is 5.87. The number of benzene rings is 2. The summed E-state index contributed by atoms with van der Waals surface area (Å²) in [5.74, 6) is 5.34. The monoisotopic (exact) mass is 430 g/mol. The van der Waals surface area contributed by atoms with Crippen molar-refractivity contribution in [2.45, 2.75) is 26.4 Å². The molecule has 0 unspecified atom stereocenters. The zero-order chi connectivity index (χ0) is 22.7. The van der Waals surface area contributed by atoms with Crippen LogP contribution in [0.25, 0.3) is 10.9 Å². The minimum absolute atomic E-state index is 0.242. The Morgan fingerprint density at radius 1 is 0.938 bits per heavy atom. The summed E-state index contributed by atoms with van der Waals surface area (Å²) in [4.78, 5) is 29.3. The maximum Gasteiger partial charge on any atom is 0.435 e. The van der Waals surface area contributed by atoms with E-state index in [2.05, 4.69) is 34.0 Å². The minimum Gasteiger partial charge on any atom is -0.442 e. The molecule has 32 heavy (non-hydrogen) atoms. The second-order valence-corrected chi connectivity index (χ2v) is 8.62. The zero-order valence-electron chi connectivity index (χ0n) is 18.5. The van der Waals surface area contributed by atoms with Gasteiger partial charge >= 0.3 is 6.09 Å². The van der Waals surface area contributed by atoms with E-state index in [0.29, 0.717) is 29.7 Å². The average molecular weight is 431 g/mol. The van der Waals surface area contributed by atoms with E-state index in [0.717, 1.165) is 18.8 Å². The van der Waals surface area contributed by atoms with Crippen molar-refractivity contribution in [3.05, 3.63) is 60.3 Å². The van der Waals surface area contributed by atoms with Gasteiger partial charge in [0.05, 0.1) is 5.52 Å². The van der Waals surface area contributed by atoms with E-state index < -0.39 is 11.7 Å². The van der Waals surface area contributed by atoms with E-state index in [1.165, 1.54) is 4.68 Å². The third kappa shape index (κ3) is 4.75. The van der Waals surface area contributed by atoms with E-state index in [4.69, 9.17) is 4.74 Å². The number of ether oxygens (including phenoxy) is 1. The van der Waals surface area contributed by atoms with Crippen LogP contribution in [0.5, 0.6) is 0 Å². The Morgan fingerprint density at radius 2 is 1.59 bits per heavy atom. The van der Waals surface area contributed by atoms with Gasteiger partial charge in [0.15, 0.2) is 0 Å². The number of hydrogen-bond acceptors (Lipinski definition) is 5. The molecule has 4 rings (SSSR count). The van der Waals surface area contributed by atoms with Gasteiger partial charge in [0.2, 0.25) is 0 Å². The summed E-state index contributed by atoms with van der Waals surface area (Å²) < 4.78 is 6.65. The van der Waals surface area contributed by atoms with Crippen LogP contribution in [0.1, 0.15) is 26.5 Å². The zero-order valence-corrected chi connectivity index (χ0v) is 18.5. The van der Waals surface area contributed by atoms with Gasteiger partial charge in [0, 0.05) is 43.2 Å². The molecule has 0 saturated carbocycles. The van der Waals surface area contributed by atoms with Gasteiger partial charge in [-0.05, 0) is 51.0 Å². The van der Waals surface area contributed by atoms with Gasteiger partial charge in [-0.15, -0.1) is 0 Å². The van der Waals surface area contributed by atoms with E-state index >= 15 is 0 Å². The Morgan fingerprint density at radius 3 is 2.28 bits per heavy atom. The highest BCUT2D eigenvalue weighted by atomic mass is 16.6. The molecule has 1 aliphatic rings. The first kappa shape index (κ1) is 21.4. The Bertz CT molecular complexity index is 1190. The van der Waals surface area contributed by atoms with Gasteiger partial charge in [0.1, 0.15) is 11.3 Å². The summed E-state index contributed by atoms with van der Waals surface area (Å²) in [7, 11) is 0. The molecule has 0 bridgehead atoms. The lowest BCUT2D eigenvalue weighted by molar-refractivity contribution is -0.125. The van der Waals surface area contributed by atoms with Crippen molar-refractivity contribution >= 4 is 28.6 Å². The van der Waals surface area contributed by atoms with Gasteiger partial charge in [-0.25, -0.2) is 4.79 Å². The normalized spacial score (nSPS) is 14.1. The molecule has 7 nitrogen and oxygen atoms in total. The van der Waals surface area contributed by atoms with Crippen LogP contribution in [0.15, 0.2) is 54.6 Å². The molecular formula is C25H26N4O3. The average Bonchev–Trinajstić information content (AvgIpc) is 3.16. The number of carbonyl (C=O) groups excluding carboxylic acids is 2. The number of piperazine rings is 1. The van der Waals surface area contributed by atoms with Crippen LogP contribution >= 0.6 is 0 Å². The SMILES string of the molecule is CC(C)(C)OC(=O)n1nc(C#CC(=O)N2CCN(c3ccccc3)CC2)c2ccccc21. The topological polar surface area (TPSA) is 67.7 Å². The lowest BCUT2D eigenvalue weighted by Crippen LogP contribution is -2.48. The maximum atomic E-state index is 12.7. The number of anilines is 1. The third-order valence-electron chi connectivity index (χ3n) is 5.13. The summed E-state index contributed by atoms with van der Waals surface area (Å²) in [5.41, 5.74) is 1.48. The first-order chi connectivity index (χ1) is 15.3. The number of rotatable bonds is 1. The second kappa shape index (κ2) is 8.75. The van der Waals surface area contributed by atoms with E-state index in [1.54, 1.807) is 31.7 Å². The number of para-hydroxylation sites is 2. The molecule has 1 saturated heterocycles. The van der Waals surface area contributed by atoms with E-state index in [9.17, 15) is 9.59 Å². The van der Waals surface area contributed by atoms with E-state index in [1.807, 2.05) is 36.4 Å². The van der Waals surface area contributed by atoms with Crippen LogP contribution < -0.4 is 4.90 Å². The summed E-state index contributed by atoms with van der Waals surface area (Å²) in [6.45, 7) is 8.13. The third-order valence-corrected chi connectivity index (χ3v) is 5.13. The van der Waals surface area contributed by atoms with Gasteiger partial charge in [-0.2, -0.15) is 9.78 Å². The van der Waals surface area contributed by atoms with Gasteiger partial charge in [-0.3, -0.25) is 4.79 Å². The predicted molar refractivity (Wildman–Crippen MR) is 123 cm³/mol. The minimum atomic E-state index is -0.645. The number of hydrogen-bond donors (Lipinski definition) is 0. The first-order valence-electron chi connectivity index (χ1n) is 10.6. The van der Waals surface area contributed by atoms with Crippen LogP contribution in [0.2, 0.25) is 0 Å². The number of aromatic nitrogens is 2. The highest BCUT2D eigenvalue weighted by Gasteiger charge is 2.22. The molecule has 0 N–H and O–H groups in total.